The van der Waals surface area contributed by atoms with E-state index in [1.807, 2.05) is 36.4 Å². The molecule has 6 heteroatoms. The van der Waals surface area contributed by atoms with Gasteiger partial charge in [0.05, 0.1) is 8.07 Å². The summed E-state index contributed by atoms with van der Waals surface area (Å²) in [5.41, 5.74) is 14.9. The molecule has 8 aromatic rings. The maximum absolute atomic E-state index is 6.12. The van der Waals surface area contributed by atoms with Crippen molar-refractivity contribution in [3.05, 3.63) is 179 Å². The fraction of sp³-hybridized carbons (Fsp3) is 0.255. The van der Waals surface area contributed by atoms with Gasteiger partial charge >= 0.3 is 20.1 Å². The molecule has 4 nitrogen and oxygen atoms in total. The summed E-state index contributed by atoms with van der Waals surface area (Å²) in [6, 6.07) is 53.6. The van der Waals surface area contributed by atoms with Gasteiger partial charge in [-0.05, 0) is 87.7 Å². The second kappa shape index (κ2) is 18.4. The van der Waals surface area contributed by atoms with E-state index in [4.69, 9.17) is 9.73 Å². The third-order valence-electron chi connectivity index (χ3n) is 11.4. The number of anilines is 2. The molecule has 0 bridgehead atoms. The molecule has 1 aliphatic heterocycles. The number of furan rings is 1. The van der Waals surface area contributed by atoms with Crippen molar-refractivity contribution in [1.82, 2.24) is 4.98 Å². The Morgan fingerprint density at radius 1 is 0.705 bits per heavy atom. The molecular formula is C55H56IrN3OSi. The van der Waals surface area contributed by atoms with Gasteiger partial charge < -0.3 is 19.6 Å². The normalized spacial score (nSPS) is 13.6. The van der Waals surface area contributed by atoms with Crippen molar-refractivity contribution in [3.8, 4) is 22.4 Å². The second-order valence-corrected chi connectivity index (χ2v) is 23.2. The summed E-state index contributed by atoms with van der Waals surface area (Å²) in [7, 11) is -1.34. The van der Waals surface area contributed by atoms with Crippen molar-refractivity contribution >= 4 is 52.3 Å². The van der Waals surface area contributed by atoms with E-state index in [-0.39, 0.29) is 26.3 Å². The van der Waals surface area contributed by atoms with Crippen molar-refractivity contribution < 1.29 is 24.5 Å². The SMILES string of the molecule is CC(C)Cc1cc(-c2[c-]cccc2)ncc1[Si](C)(C)C.CC(C)c1cc(-c2ccccc2)cc(C(C)C)c1N1c2ccccc2[N-]C1c1[c-]cc2oc3ccccc3c2c1.[Ir+3]. The summed E-state index contributed by atoms with van der Waals surface area (Å²) in [5, 5.41) is 9.01. The Bertz CT molecular complexity index is 2720. The van der Waals surface area contributed by atoms with Gasteiger partial charge in [0.2, 0.25) is 0 Å². The van der Waals surface area contributed by atoms with E-state index in [0.29, 0.717) is 17.8 Å². The van der Waals surface area contributed by atoms with Crippen molar-refractivity contribution in [2.45, 2.75) is 85.6 Å². The van der Waals surface area contributed by atoms with Crippen LogP contribution >= 0.6 is 0 Å². The largest absolute Gasteiger partial charge is 3.00 e. The van der Waals surface area contributed by atoms with Crippen LogP contribution in [0, 0.1) is 18.1 Å². The van der Waals surface area contributed by atoms with Gasteiger partial charge in [0.15, 0.2) is 0 Å². The number of hydrogen-bond acceptors (Lipinski definition) is 3. The van der Waals surface area contributed by atoms with E-state index in [9.17, 15) is 0 Å². The summed E-state index contributed by atoms with van der Waals surface area (Å²) in [4.78, 5) is 7.14. The minimum absolute atomic E-state index is 0. The van der Waals surface area contributed by atoms with Crippen LogP contribution in [-0.4, -0.2) is 13.1 Å². The average molecular weight is 995 g/mol. The predicted octanol–water partition coefficient (Wildman–Crippen LogP) is 15.4. The topological polar surface area (TPSA) is 43.4 Å². The van der Waals surface area contributed by atoms with Crippen LogP contribution in [0.5, 0.6) is 0 Å². The molecule has 1 aliphatic rings. The van der Waals surface area contributed by atoms with Crippen LogP contribution < -0.4 is 10.1 Å². The molecule has 9 rings (SSSR count). The predicted molar refractivity (Wildman–Crippen MR) is 257 cm³/mol. The van der Waals surface area contributed by atoms with Gasteiger partial charge in [0, 0.05) is 28.5 Å². The Hall–Kier alpha value is -5.26. The van der Waals surface area contributed by atoms with E-state index in [2.05, 4.69) is 186 Å². The Morgan fingerprint density at radius 2 is 1.38 bits per heavy atom. The summed E-state index contributed by atoms with van der Waals surface area (Å²) in [5.74, 6) is 1.32. The van der Waals surface area contributed by atoms with Gasteiger partial charge in [-0.3, -0.25) is 0 Å². The minimum Gasteiger partial charge on any atom is -0.661 e. The first kappa shape index (κ1) is 43.8. The molecule has 0 fully saturated rings. The molecule has 1 atom stereocenters. The first-order valence-electron chi connectivity index (χ1n) is 21.5. The van der Waals surface area contributed by atoms with Gasteiger partial charge in [-0.15, -0.1) is 47.6 Å². The number of pyridine rings is 1. The summed E-state index contributed by atoms with van der Waals surface area (Å²) in [6.07, 6.45) is 3.01. The van der Waals surface area contributed by atoms with Gasteiger partial charge in [-0.25, -0.2) is 0 Å². The second-order valence-electron chi connectivity index (χ2n) is 18.2. The molecule has 1 unspecified atom stereocenters. The van der Waals surface area contributed by atoms with Crippen LogP contribution in [-0.2, 0) is 26.5 Å². The minimum atomic E-state index is -1.34. The number of aromatic nitrogens is 1. The number of hydrogen-bond donors (Lipinski definition) is 0. The maximum Gasteiger partial charge on any atom is 3.00 e. The Kier molecular flexibility index (Phi) is 13.2. The van der Waals surface area contributed by atoms with Crippen LogP contribution in [0.15, 0.2) is 144 Å². The van der Waals surface area contributed by atoms with E-state index in [1.165, 1.54) is 38.7 Å². The van der Waals surface area contributed by atoms with E-state index in [1.54, 1.807) is 0 Å². The first-order chi connectivity index (χ1) is 28.9. The quantitative estimate of drug-likeness (QED) is 0.107. The molecule has 0 saturated heterocycles. The number of benzene rings is 6. The molecule has 61 heavy (non-hydrogen) atoms. The van der Waals surface area contributed by atoms with Gasteiger partial charge in [-0.2, -0.15) is 17.7 Å². The van der Waals surface area contributed by atoms with Crippen molar-refractivity contribution in [2.75, 3.05) is 4.90 Å². The summed E-state index contributed by atoms with van der Waals surface area (Å²) >= 11 is 0. The van der Waals surface area contributed by atoms with Crippen molar-refractivity contribution in [1.29, 1.82) is 0 Å². The zero-order valence-corrected chi connectivity index (χ0v) is 40.3. The summed E-state index contributed by atoms with van der Waals surface area (Å²) in [6.45, 7) is 20.9. The third-order valence-corrected chi connectivity index (χ3v) is 13.5. The van der Waals surface area contributed by atoms with Crippen molar-refractivity contribution in [3.63, 3.8) is 0 Å². The fourth-order valence-electron chi connectivity index (χ4n) is 8.50. The number of para-hydroxylation sites is 3. The smallest absolute Gasteiger partial charge is 0.661 e. The number of fused-ring (bicyclic) bond motifs is 4. The summed E-state index contributed by atoms with van der Waals surface area (Å²) < 4.78 is 6.12. The molecule has 0 spiro atoms. The van der Waals surface area contributed by atoms with Gasteiger partial charge in [0.1, 0.15) is 5.58 Å². The standard InChI is InChI=1S/C37H32N2O.C18H24NSi.Ir/c1-23(2)29-21-27(25-12-6-5-7-13-25)22-30(24(3)4)36(29)39-33-16-10-9-15-32(33)38-37(39)26-18-19-35-31(20-26)28-14-8-11-17-34(28)40-35;1-14(2)11-16-12-17(15-9-7-6-8-10-15)19-13-18(16)20(3,4)5;/h5-17,19-24,37H,1-4H3;6-9,12-14H,11H2,1-5H3;/q-2;-1;+3. The maximum atomic E-state index is 6.12. The molecule has 0 amide bonds. The molecule has 310 valence electrons. The average Bonchev–Trinajstić information content (AvgIpc) is 3.82. The van der Waals surface area contributed by atoms with Gasteiger partial charge in [-0.1, -0.05) is 145 Å². The monoisotopic (exact) mass is 995 g/mol. The third kappa shape index (κ3) is 9.19. The molecule has 2 aromatic heterocycles. The molecule has 3 heterocycles. The molecule has 6 aromatic carbocycles. The zero-order chi connectivity index (χ0) is 42.1. The molecule has 0 radical (unpaired) electrons. The molecule has 0 aliphatic carbocycles. The van der Waals surface area contributed by atoms with Gasteiger partial charge in [0.25, 0.3) is 0 Å². The van der Waals surface area contributed by atoms with Crippen LogP contribution in [0.2, 0.25) is 19.6 Å². The Balaban J connectivity index is 0.000000226. The first-order valence-corrected chi connectivity index (χ1v) is 25.0. The van der Waals surface area contributed by atoms with E-state index in [0.717, 1.165) is 56.6 Å². The Morgan fingerprint density at radius 3 is 2.05 bits per heavy atom. The van der Waals surface area contributed by atoms with Crippen LogP contribution in [0.1, 0.15) is 81.8 Å². The van der Waals surface area contributed by atoms with Crippen molar-refractivity contribution in [2.24, 2.45) is 5.92 Å². The number of rotatable bonds is 9. The Labute approximate surface area is 377 Å². The molecule has 0 saturated carbocycles. The van der Waals surface area contributed by atoms with Crippen LogP contribution in [0.3, 0.4) is 0 Å². The molecule has 0 N–H and O–H groups in total. The van der Waals surface area contributed by atoms with E-state index < -0.39 is 8.07 Å². The molecular weight excluding hydrogens is 939 g/mol. The fourth-order valence-corrected chi connectivity index (χ4v) is 10.1. The zero-order valence-electron chi connectivity index (χ0n) is 36.9. The van der Waals surface area contributed by atoms with Crippen LogP contribution in [0.25, 0.3) is 49.6 Å². The van der Waals surface area contributed by atoms with E-state index >= 15 is 0 Å². The number of nitrogens with zero attached hydrogens (tertiary/aromatic N) is 3. The van der Waals surface area contributed by atoms with Crippen LogP contribution in [0.4, 0.5) is 17.1 Å².